The summed E-state index contributed by atoms with van der Waals surface area (Å²) in [6.07, 6.45) is 2.18. The number of nitrogens with zero attached hydrogens (tertiary/aromatic N) is 5. The van der Waals surface area contributed by atoms with Crippen LogP contribution in [0, 0.1) is 12.8 Å². The topological polar surface area (TPSA) is 148 Å². The van der Waals surface area contributed by atoms with Gasteiger partial charge in [-0.3, -0.25) is 9.24 Å². The molecule has 3 aliphatic rings. The number of alkyl halides is 3. The first-order chi connectivity index (χ1) is 36.4. The molecule has 2 atom stereocenters. The molecule has 13 nitrogen and oxygen atoms in total. The highest BCUT2D eigenvalue weighted by atomic mass is 35.5. The van der Waals surface area contributed by atoms with Crippen LogP contribution in [0.3, 0.4) is 0 Å². The van der Waals surface area contributed by atoms with Crippen molar-refractivity contribution in [3.05, 3.63) is 138 Å². The average Bonchev–Trinajstić information content (AvgIpc) is 4.10. The van der Waals surface area contributed by atoms with Gasteiger partial charge in [-0.15, -0.1) is 11.8 Å². The monoisotopic (exact) mass is 1120 g/mol. The van der Waals surface area contributed by atoms with Crippen LogP contribution in [-0.4, -0.2) is 117 Å². The van der Waals surface area contributed by atoms with Gasteiger partial charge in [0.05, 0.1) is 35.4 Å². The van der Waals surface area contributed by atoms with Crippen molar-refractivity contribution in [2.45, 2.75) is 67.4 Å². The van der Waals surface area contributed by atoms with Crippen LogP contribution in [0.4, 0.5) is 35.9 Å². The normalized spacial score (nSPS) is 18.4. The van der Waals surface area contributed by atoms with Crippen LogP contribution in [0.1, 0.15) is 55.2 Å². The van der Waals surface area contributed by atoms with Gasteiger partial charge in [0.15, 0.2) is 0 Å². The Morgan fingerprint density at radius 3 is 2.12 bits per heavy atom. The van der Waals surface area contributed by atoms with E-state index in [-0.39, 0.29) is 48.3 Å². The van der Waals surface area contributed by atoms with Crippen LogP contribution in [0.15, 0.2) is 131 Å². The molecule has 0 radical (unpaired) electrons. The van der Waals surface area contributed by atoms with Crippen molar-refractivity contribution in [2.75, 3.05) is 91.1 Å². The Morgan fingerprint density at radius 1 is 0.829 bits per heavy atom. The quantitative estimate of drug-likeness (QED) is 0.0554. The highest BCUT2D eigenvalue weighted by Crippen LogP contribution is 2.56. The number of anilines is 4. The molecule has 9 rings (SSSR count). The number of aliphatic hydroxyl groups is 1. The minimum absolute atomic E-state index is 0.00109. The summed E-state index contributed by atoms with van der Waals surface area (Å²) in [5.41, 5.74) is 0.498. The third kappa shape index (κ3) is 11.7. The van der Waals surface area contributed by atoms with Crippen molar-refractivity contribution >= 4 is 74.7 Å². The van der Waals surface area contributed by atoms with Gasteiger partial charge in [-0.25, -0.2) is 13.2 Å². The number of aromatic carboxylic acids is 1. The van der Waals surface area contributed by atoms with E-state index < -0.39 is 39.8 Å². The number of sulfone groups is 1. The SMILES string of the molecule is Cc1c(C(=O)O)c(-c2cccc(N3CCN(c4ccc(N5CCO[P@@]5(=O)c5ccc(N[C@H](CCN6CCC(CO)CC6)CSc6ccccc6)c(S(=O)(=O)C(F)(F)F)c5)cc4)CC3)c2)c(-c2ccc(Cl)cc2)n1C(C)C. The molecule has 6 aromatic rings. The van der Waals surface area contributed by atoms with Crippen molar-refractivity contribution < 1.29 is 45.7 Å². The smallest absolute Gasteiger partial charge is 0.478 e. The molecule has 3 N–H and O–H groups in total. The Labute approximate surface area is 452 Å². The van der Waals surface area contributed by atoms with Crippen molar-refractivity contribution in [1.82, 2.24) is 9.47 Å². The van der Waals surface area contributed by atoms with Gasteiger partial charge in [0.2, 0.25) is 0 Å². The zero-order chi connectivity index (χ0) is 53.9. The Morgan fingerprint density at radius 2 is 1.49 bits per heavy atom. The van der Waals surface area contributed by atoms with Gasteiger partial charge in [0.1, 0.15) is 4.90 Å². The van der Waals surface area contributed by atoms with E-state index in [0.717, 1.165) is 65.1 Å². The van der Waals surface area contributed by atoms with Gasteiger partial charge in [0, 0.05) is 95.4 Å². The minimum atomic E-state index is -5.94. The number of carboxylic acids is 1. The molecule has 0 amide bonds. The summed E-state index contributed by atoms with van der Waals surface area (Å²) in [6, 6.07) is 35.4. The molecule has 0 bridgehead atoms. The third-order valence-electron chi connectivity index (χ3n) is 14.7. The van der Waals surface area contributed by atoms with Gasteiger partial charge >= 0.3 is 19.0 Å². The Balaban J connectivity index is 0.921. The number of rotatable bonds is 18. The lowest BCUT2D eigenvalue weighted by Gasteiger charge is -2.37. The zero-order valence-corrected chi connectivity index (χ0v) is 45.9. The predicted molar refractivity (Wildman–Crippen MR) is 299 cm³/mol. The average molecular weight is 1120 g/mol. The maximum absolute atomic E-state index is 15.0. The molecular formula is C56H63ClF3N6O7PS2. The highest BCUT2D eigenvalue weighted by Gasteiger charge is 2.49. The molecule has 404 valence electrons. The maximum Gasteiger partial charge on any atom is 0.501 e. The summed E-state index contributed by atoms with van der Waals surface area (Å²) < 4.78 is 95.0. The van der Waals surface area contributed by atoms with E-state index in [1.165, 1.54) is 28.6 Å². The molecule has 3 fully saturated rings. The van der Waals surface area contributed by atoms with E-state index in [2.05, 4.69) is 24.6 Å². The number of benzene rings is 5. The number of aromatic nitrogens is 1. The standard InChI is InChI=1S/C56H63ClF3N6O7PS2/c1-38(2)66-39(3)52(55(68)69)53(54(66)41-12-14-43(57)15-13-41)42-8-7-9-47(34-42)64-30-28-63(29-31-64)45-16-18-46(19-17-45)65-32-33-73-74(65,70)48-20-21-50(51(35-48)76(71,72)56(58,59)60)61-44(37-75-49-10-5-4-6-11-49)24-27-62-25-22-40(36-67)23-26-62/h4-21,34-35,38,40,44,61,67H,22-33,36-37H2,1-3H3,(H,68,69)/t44-,74+/m1/s1. The van der Waals surface area contributed by atoms with Gasteiger partial charge in [-0.1, -0.05) is 54.1 Å². The molecule has 3 saturated heterocycles. The van der Waals surface area contributed by atoms with Gasteiger partial charge in [-0.2, -0.15) is 13.2 Å². The number of halogens is 4. The molecule has 0 saturated carbocycles. The molecule has 5 aromatic carbocycles. The lowest BCUT2D eigenvalue weighted by molar-refractivity contribution is -0.0435. The number of thioether (sulfide) groups is 1. The van der Waals surface area contributed by atoms with Gasteiger partial charge < -0.3 is 39.3 Å². The summed E-state index contributed by atoms with van der Waals surface area (Å²) in [4.78, 5) is 19.6. The Kier molecular flexibility index (Phi) is 16.9. The van der Waals surface area contributed by atoms with Crippen LogP contribution < -0.4 is 25.1 Å². The minimum Gasteiger partial charge on any atom is -0.478 e. The second-order valence-corrected chi connectivity index (χ2v) is 25.6. The molecule has 3 aliphatic heterocycles. The summed E-state index contributed by atoms with van der Waals surface area (Å²) in [5, 5.41) is 23.8. The van der Waals surface area contributed by atoms with E-state index in [9.17, 15) is 41.2 Å². The molecule has 0 spiro atoms. The summed E-state index contributed by atoms with van der Waals surface area (Å²) in [5.74, 6) is -0.339. The molecular weight excluding hydrogens is 1060 g/mol. The first-order valence-corrected chi connectivity index (χ1v) is 30.0. The molecule has 20 heteroatoms. The lowest BCUT2D eigenvalue weighted by atomic mass is 9.96. The van der Waals surface area contributed by atoms with E-state index in [0.29, 0.717) is 66.9 Å². The number of nitrogens with one attached hydrogen (secondary N) is 1. The molecule has 4 heterocycles. The van der Waals surface area contributed by atoms with Crippen molar-refractivity contribution in [3.8, 4) is 22.4 Å². The number of piperidine rings is 1. The number of piperazine rings is 1. The van der Waals surface area contributed by atoms with E-state index in [1.54, 1.807) is 24.3 Å². The van der Waals surface area contributed by atoms with Crippen molar-refractivity contribution in [1.29, 1.82) is 0 Å². The fourth-order valence-corrected chi connectivity index (χ4v) is 15.1. The number of likely N-dealkylation sites (tertiary alicyclic amines) is 1. The van der Waals surface area contributed by atoms with E-state index in [4.69, 9.17) is 16.1 Å². The number of hydrogen-bond acceptors (Lipinski definition) is 11. The number of carbonyl (C=O) groups is 1. The second kappa shape index (κ2) is 23.2. The predicted octanol–water partition coefficient (Wildman–Crippen LogP) is 11.7. The largest absolute Gasteiger partial charge is 0.501 e. The number of aliphatic hydroxyl groups excluding tert-OH is 1. The lowest BCUT2D eigenvalue weighted by Crippen LogP contribution is -2.46. The first-order valence-electron chi connectivity index (χ1n) is 25.6. The maximum atomic E-state index is 15.0. The second-order valence-electron chi connectivity index (χ2n) is 19.8. The summed E-state index contributed by atoms with van der Waals surface area (Å²) >= 11 is 7.78. The summed E-state index contributed by atoms with van der Waals surface area (Å²) in [6.45, 7) is 11.0. The van der Waals surface area contributed by atoms with Crippen LogP contribution in [-0.2, 0) is 18.9 Å². The van der Waals surface area contributed by atoms with E-state index >= 15 is 0 Å². The van der Waals surface area contributed by atoms with Crippen LogP contribution in [0.25, 0.3) is 22.4 Å². The van der Waals surface area contributed by atoms with Crippen LogP contribution in [0.2, 0.25) is 5.02 Å². The van der Waals surface area contributed by atoms with Crippen LogP contribution >= 0.6 is 30.9 Å². The fraction of sp³-hybridized carbons (Fsp3) is 0.375. The summed E-state index contributed by atoms with van der Waals surface area (Å²) in [7, 11) is -10.1. The number of carboxylic acid groups (broad SMARTS) is 1. The molecule has 1 aromatic heterocycles. The van der Waals surface area contributed by atoms with Gasteiger partial charge in [0.25, 0.3) is 9.84 Å². The molecule has 76 heavy (non-hydrogen) atoms. The molecule has 0 aliphatic carbocycles. The first kappa shape index (κ1) is 55.3. The fourth-order valence-electron chi connectivity index (χ4n) is 10.7. The van der Waals surface area contributed by atoms with Crippen LogP contribution in [0.5, 0.6) is 0 Å². The number of hydrogen-bond donors (Lipinski definition) is 3. The highest BCUT2D eigenvalue weighted by molar-refractivity contribution is 7.99. The van der Waals surface area contributed by atoms with Gasteiger partial charge in [-0.05, 0) is 149 Å². The van der Waals surface area contributed by atoms with Crippen molar-refractivity contribution in [3.63, 3.8) is 0 Å². The Hall–Kier alpha value is -5.46. The van der Waals surface area contributed by atoms with Crippen molar-refractivity contribution in [2.24, 2.45) is 5.92 Å². The Bertz CT molecular complexity index is 3170. The molecule has 0 unspecified atom stereocenters. The zero-order valence-electron chi connectivity index (χ0n) is 42.6. The third-order valence-corrected chi connectivity index (χ3v) is 20.2. The van der Waals surface area contributed by atoms with E-state index in [1.807, 2.05) is 99.6 Å².